The predicted octanol–water partition coefficient (Wildman–Crippen LogP) is 4.60. The minimum absolute atomic E-state index is 0.158. The molecular formula is C20H22N2O5S. The van der Waals surface area contributed by atoms with Gasteiger partial charge in [-0.1, -0.05) is 19.9 Å². The third-order valence-corrected chi connectivity index (χ3v) is 5.87. The van der Waals surface area contributed by atoms with Gasteiger partial charge in [-0.25, -0.2) is 4.79 Å². The van der Waals surface area contributed by atoms with Crippen LogP contribution in [0.15, 0.2) is 24.3 Å². The van der Waals surface area contributed by atoms with Crippen LogP contribution in [0.25, 0.3) is 0 Å². The van der Waals surface area contributed by atoms with Gasteiger partial charge in [0, 0.05) is 22.6 Å². The molecule has 0 saturated heterocycles. The average molecular weight is 402 g/mol. The molecule has 1 aliphatic carbocycles. The second-order valence-electron chi connectivity index (χ2n) is 6.95. The monoisotopic (exact) mass is 402 g/mol. The molecule has 0 radical (unpaired) electrons. The van der Waals surface area contributed by atoms with E-state index in [2.05, 4.69) is 12.2 Å². The molecule has 0 fully saturated rings. The molecule has 8 heteroatoms. The predicted molar refractivity (Wildman–Crippen MR) is 107 cm³/mol. The molecule has 3 rings (SSSR count). The fraction of sp³-hybridized carbons (Fsp3) is 0.400. The Morgan fingerprint density at radius 1 is 1.39 bits per heavy atom. The Balaban J connectivity index is 1.92. The summed E-state index contributed by atoms with van der Waals surface area (Å²) in [6.07, 6.45) is 3.33. The van der Waals surface area contributed by atoms with Gasteiger partial charge in [0.2, 0.25) is 0 Å². The van der Waals surface area contributed by atoms with E-state index in [0.717, 1.165) is 29.7 Å². The zero-order valence-electron chi connectivity index (χ0n) is 15.8. The number of nitrogens with one attached hydrogen (secondary N) is 1. The molecule has 0 spiro atoms. The van der Waals surface area contributed by atoms with Crippen LogP contribution in [0.3, 0.4) is 0 Å². The van der Waals surface area contributed by atoms with Crippen LogP contribution in [0.2, 0.25) is 0 Å². The van der Waals surface area contributed by atoms with E-state index >= 15 is 0 Å². The number of nitrogens with zero attached hydrogens (tertiary/aromatic N) is 1. The lowest BCUT2D eigenvalue weighted by Crippen LogP contribution is -2.17. The van der Waals surface area contributed by atoms with Gasteiger partial charge in [0.15, 0.2) is 0 Å². The molecule has 1 N–H and O–H groups in total. The molecule has 1 heterocycles. The van der Waals surface area contributed by atoms with Crippen LogP contribution < -0.4 is 5.32 Å². The number of anilines is 1. The number of amides is 1. The molecule has 2 aromatic rings. The third-order valence-electron chi connectivity index (χ3n) is 4.70. The Bertz CT molecular complexity index is 921. The van der Waals surface area contributed by atoms with Gasteiger partial charge in [-0.15, -0.1) is 11.3 Å². The van der Waals surface area contributed by atoms with Crippen molar-refractivity contribution in [2.24, 2.45) is 5.92 Å². The maximum Gasteiger partial charge on any atom is 0.341 e. The largest absolute Gasteiger partial charge is 0.462 e. The van der Waals surface area contributed by atoms with E-state index < -0.39 is 16.8 Å². The summed E-state index contributed by atoms with van der Waals surface area (Å²) in [4.78, 5) is 36.8. The standard InChI is InChI=1S/C20H22N2O5S/c1-3-9-27-20(24)17-15-8-7-12(2)10-16(15)28-19(17)21-18(23)13-5-4-6-14(11-13)22(25)26/h4-6,11-12H,3,7-10H2,1-2H3,(H,21,23). The highest BCUT2D eigenvalue weighted by Crippen LogP contribution is 2.40. The van der Waals surface area contributed by atoms with Gasteiger partial charge in [-0.05, 0) is 43.2 Å². The lowest BCUT2D eigenvalue weighted by atomic mass is 9.88. The van der Waals surface area contributed by atoms with Crippen molar-refractivity contribution in [2.45, 2.75) is 39.5 Å². The van der Waals surface area contributed by atoms with Gasteiger partial charge < -0.3 is 10.1 Å². The third kappa shape index (κ3) is 4.22. The molecule has 1 unspecified atom stereocenters. The number of esters is 1. The summed E-state index contributed by atoms with van der Waals surface area (Å²) < 4.78 is 5.33. The van der Waals surface area contributed by atoms with Crippen LogP contribution in [-0.4, -0.2) is 23.4 Å². The quantitative estimate of drug-likeness (QED) is 0.432. The molecule has 7 nitrogen and oxygen atoms in total. The van der Waals surface area contributed by atoms with Crippen LogP contribution in [-0.2, 0) is 17.6 Å². The van der Waals surface area contributed by atoms with Crippen LogP contribution >= 0.6 is 11.3 Å². The van der Waals surface area contributed by atoms with Gasteiger partial charge in [0.05, 0.1) is 17.1 Å². The first-order valence-corrected chi connectivity index (χ1v) is 10.1. The van der Waals surface area contributed by atoms with E-state index in [9.17, 15) is 19.7 Å². The van der Waals surface area contributed by atoms with Crippen molar-refractivity contribution >= 4 is 33.9 Å². The fourth-order valence-corrected chi connectivity index (χ4v) is 4.65. The smallest absolute Gasteiger partial charge is 0.341 e. The number of nitro groups is 1. The van der Waals surface area contributed by atoms with Crippen LogP contribution in [0.5, 0.6) is 0 Å². The Morgan fingerprint density at radius 2 is 2.18 bits per heavy atom. The number of hydrogen-bond donors (Lipinski definition) is 1. The zero-order valence-corrected chi connectivity index (χ0v) is 16.6. The lowest BCUT2D eigenvalue weighted by molar-refractivity contribution is -0.384. The van der Waals surface area contributed by atoms with E-state index in [1.807, 2.05) is 6.92 Å². The molecule has 0 bridgehead atoms. The van der Waals surface area contributed by atoms with Crippen molar-refractivity contribution in [1.82, 2.24) is 0 Å². The number of benzene rings is 1. The summed E-state index contributed by atoms with van der Waals surface area (Å²) in [7, 11) is 0. The van der Waals surface area contributed by atoms with Gasteiger partial charge >= 0.3 is 5.97 Å². The summed E-state index contributed by atoms with van der Waals surface area (Å²) in [5.74, 6) is -0.394. The van der Waals surface area contributed by atoms with E-state index in [1.165, 1.54) is 35.6 Å². The normalized spacial score (nSPS) is 15.6. The number of ether oxygens (including phenoxy) is 1. The highest BCUT2D eigenvalue weighted by atomic mass is 32.1. The molecule has 0 saturated carbocycles. The number of hydrogen-bond acceptors (Lipinski definition) is 6. The van der Waals surface area contributed by atoms with Crippen LogP contribution in [0.1, 0.15) is 57.8 Å². The average Bonchev–Trinajstić information content (AvgIpc) is 3.02. The van der Waals surface area contributed by atoms with Crippen molar-refractivity contribution in [3.05, 3.63) is 55.9 Å². The molecule has 148 valence electrons. The first-order valence-electron chi connectivity index (χ1n) is 9.28. The minimum Gasteiger partial charge on any atom is -0.462 e. The number of fused-ring (bicyclic) bond motifs is 1. The summed E-state index contributed by atoms with van der Waals surface area (Å²) in [6, 6.07) is 5.52. The van der Waals surface area contributed by atoms with Gasteiger partial charge in [-0.2, -0.15) is 0 Å². The second-order valence-corrected chi connectivity index (χ2v) is 8.06. The maximum atomic E-state index is 12.7. The lowest BCUT2D eigenvalue weighted by Gasteiger charge is -2.18. The van der Waals surface area contributed by atoms with Crippen molar-refractivity contribution in [3.8, 4) is 0 Å². The van der Waals surface area contributed by atoms with E-state index in [-0.39, 0.29) is 11.3 Å². The molecule has 1 aliphatic rings. The van der Waals surface area contributed by atoms with E-state index in [0.29, 0.717) is 29.5 Å². The van der Waals surface area contributed by atoms with Crippen molar-refractivity contribution < 1.29 is 19.2 Å². The Labute approximate surface area is 166 Å². The number of non-ortho nitro benzene ring substituents is 1. The SMILES string of the molecule is CCCOC(=O)c1c(NC(=O)c2cccc([N+](=O)[O-])c2)sc2c1CCC(C)C2. The number of nitro benzene ring substituents is 1. The minimum atomic E-state index is -0.546. The summed E-state index contributed by atoms with van der Waals surface area (Å²) in [5.41, 5.74) is 1.40. The fourth-order valence-electron chi connectivity index (χ4n) is 3.26. The Kier molecular flexibility index (Phi) is 6.08. The van der Waals surface area contributed by atoms with Crippen LogP contribution in [0, 0.1) is 16.0 Å². The highest BCUT2D eigenvalue weighted by Gasteiger charge is 2.29. The molecule has 1 aromatic carbocycles. The first kappa shape index (κ1) is 20.0. The zero-order chi connectivity index (χ0) is 20.3. The molecule has 0 aliphatic heterocycles. The molecule has 1 amide bonds. The van der Waals surface area contributed by atoms with Gasteiger partial charge in [0.25, 0.3) is 11.6 Å². The number of thiophene rings is 1. The molecule has 1 atom stereocenters. The maximum absolute atomic E-state index is 12.7. The van der Waals surface area contributed by atoms with Crippen molar-refractivity contribution in [2.75, 3.05) is 11.9 Å². The van der Waals surface area contributed by atoms with Crippen molar-refractivity contribution in [3.63, 3.8) is 0 Å². The first-order chi connectivity index (χ1) is 13.4. The molecular weight excluding hydrogens is 380 g/mol. The topological polar surface area (TPSA) is 98.5 Å². The van der Waals surface area contributed by atoms with E-state index in [1.54, 1.807) is 0 Å². The number of carbonyl (C=O) groups is 2. The highest BCUT2D eigenvalue weighted by molar-refractivity contribution is 7.17. The van der Waals surface area contributed by atoms with Gasteiger partial charge in [0.1, 0.15) is 5.00 Å². The summed E-state index contributed by atoms with van der Waals surface area (Å²) >= 11 is 1.39. The Hall–Kier alpha value is -2.74. The van der Waals surface area contributed by atoms with Crippen molar-refractivity contribution in [1.29, 1.82) is 0 Å². The summed E-state index contributed by atoms with van der Waals surface area (Å²) in [6.45, 7) is 4.40. The van der Waals surface area contributed by atoms with Crippen LogP contribution in [0.4, 0.5) is 10.7 Å². The number of carbonyl (C=O) groups excluding carboxylic acids is 2. The molecule has 1 aromatic heterocycles. The van der Waals surface area contributed by atoms with E-state index in [4.69, 9.17) is 4.74 Å². The van der Waals surface area contributed by atoms with Gasteiger partial charge in [-0.3, -0.25) is 14.9 Å². The second kappa shape index (κ2) is 8.52. The number of rotatable bonds is 6. The molecule has 28 heavy (non-hydrogen) atoms. The Morgan fingerprint density at radius 3 is 2.89 bits per heavy atom. The summed E-state index contributed by atoms with van der Waals surface area (Å²) in [5, 5.41) is 14.2.